The molecule has 0 saturated carbocycles. The first-order chi connectivity index (χ1) is 10.9. The van der Waals surface area contributed by atoms with Gasteiger partial charge in [0.1, 0.15) is 0 Å². The van der Waals surface area contributed by atoms with E-state index >= 15 is 0 Å². The summed E-state index contributed by atoms with van der Waals surface area (Å²) in [6.07, 6.45) is 2.77. The Morgan fingerprint density at radius 3 is 2.36 bits per heavy atom. The maximum Gasteiger partial charge on any atom is 1.00 e. The molecule has 0 saturated heterocycles. The van der Waals surface area contributed by atoms with Crippen molar-refractivity contribution >= 4 is 13.7 Å². The number of phosphoric ester groups is 1. The van der Waals surface area contributed by atoms with Crippen LogP contribution in [0, 0.1) is 0 Å². The fourth-order valence-corrected chi connectivity index (χ4v) is 2.38. The molecule has 0 aliphatic carbocycles. The molecule has 0 aliphatic heterocycles. The second kappa shape index (κ2) is 15.8. The third kappa shape index (κ3) is 14.5. The van der Waals surface area contributed by atoms with Crippen LogP contribution >= 0.6 is 7.82 Å². The van der Waals surface area contributed by atoms with Crippen molar-refractivity contribution in [2.75, 3.05) is 20.3 Å². The normalized spacial score (nSPS) is 11.8. The van der Waals surface area contributed by atoms with Gasteiger partial charge in [-0.15, -0.1) is 0 Å². The Morgan fingerprint density at radius 1 is 1.16 bits per heavy atom. The number of hydrogen-bond donors (Lipinski definition) is 1. The van der Waals surface area contributed by atoms with Gasteiger partial charge in [-0.2, -0.15) is 0 Å². The second-order valence-corrected chi connectivity index (χ2v) is 6.23. The molecule has 1 aromatic carbocycles. The Hall–Kier alpha value is 0.760. The van der Waals surface area contributed by atoms with E-state index in [0.717, 1.165) is 12.8 Å². The fourth-order valence-electron chi connectivity index (χ4n) is 2.05. The van der Waals surface area contributed by atoms with Crippen LogP contribution in [0.15, 0.2) is 30.3 Å². The first-order valence-electron chi connectivity index (χ1n) is 7.42. The Labute approximate surface area is 193 Å². The summed E-state index contributed by atoms with van der Waals surface area (Å²) in [5.74, 6) is -0.216. The molecule has 0 fully saturated rings. The molecule has 0 aliphatic rings. The zero-order valence-corrected chi connectivity index (χ0v) is 20.0. The van der Waals surface area contributed by atoms with E-state index in [1.54, 1.807) is 37.4 Å². The number of rotatable bonds is 11. The molecule has 0 heterocycles. The van der Waals surface area contributed by atoms with E-state index < -0.39 is 20.5 Å². The summed E-state index contributed by atoms with van der Waals surface area (Å²) in [5.41, 5.74) is 0.675. The van der Waals surface area contributed by atoms with Crippen LogP contribution in [-0.2, 0) is 18.6 Å². The topological polar surface area (TPSA) is 111 Å². The van der Waals surface area contributed by atoms with E-state index in [1.807, 2.05) is 0 Å². The largest absolute Gasteiger partial charge is 1.00 e. The summed E-state index contributed by atoms with van der Waals surface area (Å²) in [7, 11) is -3.46. The van der Waals surface area contributed by atoms with Gasteiger partial charge in [0.15, 0.2) is 0 Å². The van der Waals surface area contributed by atoms with Gasteiger partial charge >= 0.3 is 59.1 Å². The van der Waals surface area contributed by atoms with Crippen molar-refractivity contribution in [3.8, 4) is 0 Å². The van der Waals surface area contributed by atoms with E-state index in [9.17, 15) is 19.1 Å². The SMILES string of the molecule is COCCCCCC(=O)N[C@H](COP(=O)([O-])[O-])c1ccccc1.[Na+].[Na+]. The van der Waals surface area contributed by atoms with Crippen LogP contribution in [0.4, 0.5) is 0 Å². The van der Waals surface area contributed by atoms with Crippen molar-refractivity contribution in [2.24, 2.45) is 0 Å². The molecule has 1 N–H and O–H groups in total. The number of hydrogen-bond acceptors (Lipinski definition) is 6. The van der Waals surface area contributed by atoms with Gasteiger partial charge in [-0.3, -0.25) is 4.79 Å². The molecule has 1 amide bonds. The Morgan fingerprint density at radius 2 is 1.80 bits per heavy atom. The number of carbonyl (C=O) groups is 1. The molecule has 0 bridgehead atoms. The van der Waals surface area contributed by atoms with Crippen LogP contribution in [-0.4, -0.2) is 26.2 Å². The molecule has 1 rings (SSSR count). The minimum absolute atomic E-state index is 0. The zero-order chi connectivity index (χ0) is 17.1. The fraction of sp³-hybridized carbons (Fsp3) is 0.533. The standard InChI is InChI=1S/C15H24NO6P.2Na/c1-21-11-7-3-6-10-15(17)16-14(12-22-23(18,19)20)13-8-4-2-5-9-13;;/h2,4-5,8-9,14H,3,6-7,10-12H2,1H3,(H,16,17)(H2,18,19,20);;/q;2*+1/p-2/t14-;;/m1../s1. The average Bonchev–Trinajstić information content (AvgIpc) is 2.51. The molecule has 10 heteroatoms. The molecule has 0 unspecified atom stereocenters. The minimum atomic E-state index is -5.08. The first-order valence-corrected chi connectivity index (χ1v) is 8.88. The third-order valence-corrected chi connectivity index (χ3v) is 3.65. The Kier molecular flexibility index (Phi) is 17.7. The van der Waals surface area contributed by atoms with Crippen molar-refractivity contribution < 1.29 is 87.5 Å². The van der Waals surface area contributed by atoms with E-state index in [-0.39, 0.29) is 65.0 Å². The van der Waals surface area contributed by atoms with Crippen molar-refractivity contribution in [3.05, 3.63) is 35.9 Å². The maximum atomic E-state index is 12.0. The second-order valence-electron chi connectivity index (χ2n) is 5.08. The summed E-state index contributed by atoms with van der Waals surface area (Å²) in [4.78, 5) is 33.3. The molecule has 130 valence electrons. The number of unbranched alkanes of at least 4 members (excludes halogenated alkanes) is 2. The molecule has 1 atom stereocenters. The van der Waals surface area contributed by atoms with Gasteiger partial charge in [0.05, 0.1) is 20.5 Å². The number of benzene rings is 1. The van der Waals surface area contributed by atoms with Gasteiger partial charge in [0.25, 0.3) is 0 Å². The molecule has 0 spiro atoms. The molecular weight excluding hydrogens is 367 g/mol. The summed E-state index contributed by atoms with van der Waals surface area (Å²) < 4.78 is 19.9. The first kappa shape index (κ1) is 28.0. The molecule has 0 aromatic heterocycles. The number of carbonyl (C=O) groups excluding carboxylic acids is 1. The van der Waals surface area contributed by atoms with Gasteiger partial charge in [-0.05, 0) is 18.4 Å². The van der Waals surface area contributed by atoms with Gasteiger partial charge < -0.3 is 28.9 Å². The van der Waals surface area contributed by atoms with Crippen LogP contribution < -0.4 is 74.2 Å². The number of methoxy groups -OCH3 is 1. The van der Waals surface area contributed by atoms with Crippen LogP contribution in [0.2, 0.25) is 0 Å². The van der Waals surface area contributed by atoms with Crippen molar-refractivity contribution in [3.63, 3.8) is 0 Å². The van der Waals surface area contributed by atoms with E-state index in [0.29, 0.717) is 25.0 Å². The van der Waals surface area contributed by atoms with Crippen molar-refractivity contribution in [1.29, 1.82) is 0 Å². The van der Waals surface area contributed by atoms with Crippen LogP contribution in [0.1, 0.15) is 37.3 Å². The Balaban J connectivity index is 0. The van der Waals surface area contributed by atoms with Gasteiger partial charge in [0, 0.05) is 20.1 Å². The summed E-state index contributed by atoms with van der Waals surface area (Å²) in [6.45, 7) is 0.244. The molecule has 1 aromatic rings. The summed E-state index contributed by atoms with van der Waals surface area (Å²) >= 11 is 0. The number of phosphoric acid groups is 1. The van der Waals surface area contributed by atoms with E-state index in [4.69, 9.17) is 4.74 Å². The monoisotopic (exact) mass is 389 g/mol. The quantitative estimate of drug-likeness (QED) is 0.230. The molecule has 0 radical (unpaired) electrons. The minimum Gasteiger partial charge on any atom is -0.790 e. The molecular formula is C15H22NNa2O6P. The third-order valence-electron chi connectivity index (χ3n) is 3.19. The van der Waals surface area contributed by atoms with Gasteiger partial charge in [-0.1, -0.05) is 36.8 Å². The number of ether oxygens (including phenoxy) is 1. The molecule has 7 nitrogen and oxygen atoms in total. The van der Waals surface area contributed by atoms with Crippen LogP contribution in [0.25, 0.3) is 0 Å². The van der Waals surface area contributed by atoms with E-state index in [2.05, 4.69) is 9.84 Å². The zero-order valence-electron chi connectivity index (χ0n) is 15.1. The maximum absolute atomic E-state index is 12.0. The summed E-state index contributed by atoms with van der Waals surface area (Å²) in [6, 6.07) is 8.09. The average molecular weight is 389 g/mol. The van der Waals surface area contributed by atoms with Crippen molar-refractivity contribution in [1.82, 2.24) is 5.32 Å². The summed E-state index contributed by atoms with van der Waals surface area (Å²) in [5, 5.41) is 2.70. The van der Waals surface area contributed by atoms with Crippen molar-refractivity contribution in [2.45, 2.75) is 31.7 Å². The number of nitrogens with one attached hydrogen (secondary N) is 1. The molecule has 25 heavy (non-hydrogen) atoms. The van der Waals surface area contributed by atoms with Gasteiger partial charge in [0.2, 0.25) is 5.91 Å². The van der Waals surface area contributed by atoms with E-state index in [1.165, 1.54) is 0 Å². The predicted octanol–water partition coefficient (Wildman–Crippen LogP) is -5.10. The number of amides is 1. The smallest absolute Gasteiger partial charge is 0.790 e. The Bertz CT molecular complexity index is 514. The van der Waals surface area contributed by atoms with Gasteiger partial charge in [-0.25, -0.2) is 0 Å². The van der Waals surface area contributed by atoms with Crippen LogP contribution in [0.3, 0.4) is 0 Å². The predicted molar refractivity (Wildman–Crippen MR) is 81.2 cm³/mol. The van der Waals surface area contributed by atoms with Crippen LogP contribution in [0.5, 0.6) is 0 Å².